The van der Waals surface area contributed by atoms with E-state index in [4.69, 9.17) is 0 Å². The van der Waals surface area contributed by atoms with Crippen molar-refractivity contribution in [1.82, 2.24) is 19.1 Å². The van der Waals surface area contributed by atoms with Crippen LogP contribution in [0.4, 0.5) is 10.3 Å². The summed E-state index contributed by atoms with van der Waals surface area (Å²) in [6.45, 7) is 0.621. The first-order chi connectivity index (χ1) is 9.15. The largest absolute Gasteiger partial charge is 0.350 e. The third kappa shape index (κ3) is 2.05. The molecule has 0 spiro atoms. The molecule has 0 unspecified atom stereocenters. The van der Waals surface area contributed by atoms with Crippen LogP contribution in [0.15, 0.2) is 30.7 Å². The van der Waals surface area contributed by atoms with Gasteiger partial charge in [0.05, 0.1) is 29.6 Å². The molecule has 3 aromatic rings. The van der Waals surface area contributed by atoms with Crippen molar-refractivity contribution in [1.29, 1.82) is 0 Å². The molecule has 98 valence electrons. The molecule has 6 heteroatoms. The average molecular weight is 259 g/mol. The Hall–Kier alpha value is -2.37. The molecule has 0 saturated carbocycles. The summed E-state index contributed by atoms with van der Waals surface area (Å²) in [6.07, 6.45) is 3.55. The minimum atomic E-state index is -0.274. The van der Waals surface area contributed by atoms with Crippen LogP contribution in [0.2, 0.25) is 0 Å². The number of imidazole rings is 2. The SMILES string of the molecule is Cn1cncc1CNc1nc2cc(F)ccc2n1C. The first-order valence-electron chi connectivity index (χ1n) is 5.96. The van der Waals surface area contributed by atoms with Crippen LogP contribution >= 0.6 is 0 Å². The third-order valence-electron chi connectivity index (χ3n) is 3.19. The predicted octanol–water partition coefficient (Wildman–Crippen LogP) is 2.06. The monoisotopic (exact) mass is 259 g/mol. The van der Waals surface area contributed by atoms with Crippen LogP contribution in [0.25, 0.3) is 11.0 Å². The van der Waals surface area contributed by atoms with Crippen molar-refractivity contribution in [2.45, 2.75) is 6.54 Å². The summed E-state index contributed by atoms with van der Waals surface area (Å²) in [5.41, 5.74) is 2.60. The molecule has 0 fully saturated rings. The molecule has 0 atom stereocenters. The topological polar surface area (TPSA) is 47.7 Å². The van der Waals surface area contributed by atoms with Gasteiger partial charge in [0, 0.05) is 26.4 Å². The quantitative estimate of drug-likeness (QED) is 0.783. The number of nitrogens with one attached hydrogen (secondary N) is 1. The van der Waals surface area contributed by atoms with Crippen LogP contribution in [-0.2, 0) is 20.6 Å². The highest BCUT2D eigenvalue weighted by Crippen LogP contribution is 2.19. The second-order valence-electron chi connectivity index (χ2n) is 4.48. The van der Waals surface area contributed by atoms with E-state index in [1.807, 2.05) is 23.2 Å². The maximum absolute atomic E-state index is 13.2. The fraction of sp³-hybridized carbons (Fsp3) is 0.231. The van der Waals surface area contributed by atoms with E-state index in [1.54, 1.807) is 18.6 Å². The molecule has 2 heterocycles. The van der Waals surface area contributed by atoms with E-state index in [1.165, 1.54) is 12.1 Å². The van der Waals surface area contributed by atoms with Gasteiger partial charge in [-0.25, -0.2) is 14.4 Å². The number of aromatic nitrogens is 4. The second-order valence-corrected chi connectivity index (χ2v) is 4.48. The normalized spacial score (nSPS) is 11.1. The molecular weight excluding hydrogens is 245 g/mol. The molecule has 0 bridgehead atoms. The lowest BCUT2D eigenvalue weighted by atomic mass is 10.3. The molecule has 0 aliphatic carbocycles. The number of rotatable bonds is 3. The third-order valence-corrected chi connectivity index (χ3v) is 3.19. The molecule has 0 aliphatic rings. The zero-order valence-electron chi connectivity index (χ0n) is 10.8. The summed E-state index contributed by atoms with van der Waals surface area (Å²) >= 11 is 0. The molecule has 3 rings (SSSR count). The fourth-order valence-corrected chi connectivity index (χ4v) is 2.06. The van der Waals surface area contributed by atoms with Crippen LogP contribution in [0.3, 0.4) is 0 Å². The van der Waals surface area contributed by atoms with Gasteiger partial charge in [-0.1, -0.05) is 0 Å². The maximum Gasteiger partial charge on any atom is 0.203 e. The highest BCUT2D eigenvalue weighted by Gasteiger charge is 2.08. The highest BCUT2D eigenvalue weighted by atomic mass is 19.1. The standard InChI is InChI=1S/C13H14FN5/c1-18-8-15-6-10(18)7-16-13-17-11-5-9(14)3-4-12(11)19(13)2/h3-6,8H,7H2,1-2H3,(H,16,17). The van der Waals surface area contributed by atoms with Crippen molar-refractivity contribution >= 4 is 17.0 Å². The van der Waals surface area contributed by atoms with Crippen LogP contribution in [0.5, 0.6) is 0 Å². The number of nitrogens with zero attached hydrogens (tertiary/aromatic N) is 4. The van der Waals surface area contributed by atoms with E-state index in [2.05, 4.69) is 15.3 Å². The summed E-state index contributed by atoms with van der Waals surface area (Å²) in [5, 5.41) is 3.23. The first kappa shape index (κ1) is 11.7. The van der Waals surface area contributed by atoms with Gasteiger partial charge in [0.25, 0.3) is 0 Å². The van der Waals surface area contributed by atoms with Crippen molar-refractivity contribution in [3.63, 3.8) is 0 Å². The summed E-state index contributed by atoms with van der Waals surface area (Å²) < 4.78 is 17.0. The minimum Gasteiger partial charge on any atom is -0.350 e. The first-order valence-corrected chi connectivity index (χ1v) is 5.96. The van der Waals surface area contributed by atoms with Gasteiger partial charge in [0.15, 0.2) is 0 Å². The molecule has 0 saturated heterocycles. The zero-order chi connectivity index (χ0) is 13.4. The lowest BCUT2D eigenvalue weighted by molar-refractivity contribution is 0.629. The van der Waals surface area contributed by atoms with Gasteiger partial charge in [-0.3, -0.25) is 0 Å². The number of hydrogen-bond donors (Lipinski definition) is 1. The van der Waals surface area contributed by atoms with Crippen molar-refractivity contribution in [2.24, 2.45) is 14.1 Å². The molecule has 0 amide bonds. The van der Waals surface area contributed by atoms with Crippen LogP contribution in [0.1, 0.15) is 5.69 Å². The molecule has 0 aliphatic heterocycles. The lowest BCUT2D eigenvalue weighted by Gasteiger charge is -2.06. The summed E-state index contributed by atoms with van der Waals surface area (Å²) in [5.74, 6) is 0.436. The molecule has 19 heavy (non-hydrogen) atoms. The van der Waals surface area contributed by atoms with Crippen LogP contribution in [-0.4, -0.2) is 19.1 Å². The van der Waals surface area contributed by atoms with Crippen molar-refractivity contribution in [2.75, 3.05) is 5.32 Å². The number of aryl methyl sites for hydroxylation is 2. The van der Waals surface area contributed by atoms with Crippen molar-refractivity contribution in [3.8, 4) is 0 Å². The summed E-state index contributed by atoms with van der Waals surface area (Å²) in [4.78, 5) is 8.44. The molecule has 2 aromatic heterocycles. The highest BCUT2D eigenvalue weighted by molar-refractivity contribution is 5.78. The smallest absolute Gasteiger partial charge is 0.203 e. The Balaban J connectivity index is 1.89. The minimum absolute atomic E-state index is 0.274. The van der Waals surface area contributed by atoms with Gasteiger partial charge >= 0.3 is 0 Å². The van der Waals surface area contributed by atoms with Gasteiger partial charge in [-0.2, -0.15) is 0 Å². The number of halogens is 1. The van der Waals surface area contributed by atoms with E-state index in [-0.39, 0.29) is 5.82 Å². The molecule has 1 N–H and O–H groups in total. The number of benzene rings is 1. The fourth-order valence-electron chi connectivity index (χ4n) is 2.06. The van der Waals surface area contributed by atoms with Crippen LogP contribution < -0.4 is 5.32 Å². The summed E-state index contributed by atoms with van der Waals surface area (Å²) in [6, 6.07) is 4.60. The average Bonchev–Trinajstić information content (AvgIpc) is 2.91. The summed E-state index contributed by atoms with van der Waals surface area (Å²) in [7, 11) is 3.84. The van der Waals surface area contributed by atoms with Crippen molar-refractivity contribution in [3.05, 3.63) is 42.2 Å². The lowest BCUT2D eigenvalue weighted by Crippen LogP contribution is -2.07. The Morgan fingerprint density at radius 3 is 2.89 bits per heavy atom. The number of anilines is 1. The van der Waals surface area contributed by atoms with Crippen molar-refractivity contribution < 1.29 is 4.39 Å². The Morgan fingerprint density at radius 2 is 2.16 bits per heavy atom. The molecule has 0 radical (unpaired) electrons. The van der Waals surface area contributed by atoms with Gasteiger partial charge < -0.3 is 14.5 Å². The Morgan fingerprint density at radius 1 is 1.32 bits per heavy atom. The molecular formula is C13H14FN5. The van der Waals surface area contributed by atoms with E-state index >= 15 is 0 Å². The predicted molar refractivity (Wildman–Crippen MR) is 71.2 cm³/mol. The second kappa shape index (κ2) is 4.38. The van der Waals surface area contributed by atoms with Crippen LogP contribution in [0, 0.1) is 5.82 Å². The Bertz CT molecular complexity index is 728. The van der Waals surface area contributed by atoms with E-state index in [0.717, 1.165) is 11.2 Å². The number of hydrogen-bond acceptors (Lipinski definition) is 3. The Kier molecular flexibility index (Phi) is 2.70. The van der Waals surface area contributed by atoms with E-state index in [0.29, 0.717) is 18.0 Å². The van der Waals surface area contributed by atoms with Gasteiger partial charge in [0.2, 0.25) is 5.95 Å². The van der Waals surface area contributed by atoms with E-state index in [9.17, 15) is 4.39 Å². The molecule has 5 nitrogen and oxygen atoms in total. The van der Waals surface area contributed by atoms with Gasteiger partial charge in [-0.05, 0) is 12.1 Å². The Labute approximate surface area is 109 Å². The van der Waals surface area contributed by atoms with Gasteiger partial charge in [-0.15, -0.1) is 0 Å². The number of fused-ring (bicyclic) bond motifs is 1. The maximum atomic E-state index is 13.2. The van der Waals surface area contributed by atoms with E-state index < -0.39 is 0 Å². The molecule has 1 aromatic carbocycles. The zero-order valence-corrected chi connectivity index (χ0v) is 10.8. The van der Waals surface area contributed by atoms with Gasteiger partial charge in [0.1, 0.15) is 5.82 Å².